The molecule has 0 unspecified atom stereocenters. The van der Waals surface area contributed by atoms with Crippen LogP contribution in [0.1, 0.15) is 26.3 Å². The number of nitrogens with zero attached hydrogens (tertiary/aromatic N) is 1. The third-order valence-electron chi connectivity index (χ3n) is 4.37. The van der Waals surface area contributed by atoms with Crippen LogP contribution in [0.15, 0.2) is 53.1 Å². The lowest BCUT2D eigenvalue weighted by Crippen LogP contribution is -2.45. The molecule has 25 heavy (non-hydrogen) atoms. The second-order valence-corrected chi connectivity index (χ2v) is 8.66. The summed E-state index contributed by atoms with van der Waals surface area (Å²) >= 11 is 0. The molecule has 0 amide bonds. The highest BCUT2D eigenvalue weighted by Crippen LogP contribution is 2.35. The maximum absolute atomic E-state index is 11.6. The van der Waals surface area contributed by atoms with Gasteiger partial charge in [0.15, 0.2) is 9.84 Å². The van der Waals surface area contributed by atoms with Crippen molar-refractivity contribution in [1.29, 1.82) is 0 Å². The first-order valence-corrected chi connectivity index (χ1v) is 10.0. The number of rotatable bonds is 3. The second kappa shape index (κ2) is 6.11. The molecule has 0 saturated carbocycles. The van der Waals surface area contributed by atoms with Crippen LogP contribution < -0.4 is 16.2 Å². The molecule has 0 bridgehead atoms. The number of hydrogen-bond acceptors (Lipinski definition) is 5. The largest absolute Gasteiger partial charge is 0.397 e. The summed E-state index contributed by atoms with van der Waals surface area (Å²) in [6.45, 7) is 6.18. The number of allylic oxidation sites excluding steroid dienone is 1. The van der Waals surface area contributed by atoms with Crippen molar-refractivity contribution in [3.63, 3.8) is 0 Å². The molecule has 132 valence electrons. The Kier molecular flexibility index (Phi) is 4.24. The zero-order valence-corrected chi connectivity index (χ0v) is 15.7. The number of nitrogens with two attached hydrogens (primary N) is 1. The Bertz CT molecular complexity index is 945. The van der Waals surface area contributed by atoms with Gasteiger partial charge in [-0.15, -0.1) is 0 Å². The highest BCUT2D eigenvalue weighted by Gasteiger charge is 2.23. The fourth-order valence-electron chi connectivity index (χ4n) is 2.94. The molecule has 1 heterocycles. The van der Waals surface area contributed by atoms with Crippen LogP contribution >= 0.6 is 0 Å². The average Bonchev–Trinajstić information content (AvgIpc) is 2.56. The normalized spacial score (nSPS) is 14.5. The quantitative estimate of drug-likeness (QED) is 0.883. The maximum atomic E-state index is 11.6. The number of hydrogen-bond donors (Lipinski definition) is 2. The molecule has 1 aliphatic heterocycles. The molecule has 3 rings (SSSR count). The SMILES string of the molecule is CC1=C(N)c2ccc(-c3ccc(S(C)(=O)=O)cc3)cc2N(C(C)C)N1. The molecular formula is C19H23N3O2S. The van der Waals surface area contributed by atoms with Gasteiger partial charge in [0.2, 0.25) is 0 Å². The third kappa shape index (κ3) is 3.22. The van der Waals surface area contributed by atoms with E-state index in [0.29, 0.717) is 4.90 Å². The van der Waals surface area contributed by atoms with E-state index in [0.717, 1.165) is 33.8 Å². The average molecular weight is 357 g/mol. The fraction of sp³-hybridized carbons (Fsp3) is 0.263. The first kappa shape index (κ1) is 17.4. The summed E-state index contributed by atoms with van der Waals surface area (Å²) in [6.07, 6.45) is 1.21. The van der Waals surface area contributed by atoms with Crippen LogP contribution in [0.3, 0.4) is 0 Å². The van der Waals surface area contributed by atoms with Gasteiger partial charge in [0.25, 0.3) is 0 Å². The van der Waals surface area contributed by atoms with E-state index in [9.17, 15) is 8.42 Å². The van der Waals surface area contributed by atoms with Crippen LogP contribution in [0.5, 0.6) is 0 Å². The zero-order valence-electron chi connectivity index (χ0n) is 14.9. The lowest BCUT2D eigenvalue weighted by Gasteiger charge is -2.36. The van der Waals surface area contributed by atoms with E-state index >= 15 is 0 Å². The van der Waals surface area contributed by atoms with Crippen molar-refractivity contribution in [2.75, 3.05) is 11.3 Å². The van der Waals surface area contributed by atoms with Crippen LogP contribution in [0.25, 0.3) is 16.8 Å². The first-order valence-electron chi connectivity index (χ1n) is 8.15. The molecule has 5 nitrogen and oxygen atoms in total. The summed E-state index contributed by atoms with van der Waals surface area (Å²) in [5, 5.41) is 2.09. The van der Waals surface area contributed by atoms with Crippen LogP contribution in [-0.2, 0) is 9.84 Å². The zero-order chi connectivity index (χ0) is 18.4. The van der Waals surface area contributed by atoms with Gasteiger partial charge in [-0.25, -0.2) is 8.42 Å². The Balaban J connectivity index is 2.08. The van der Waals surface area contributed by atoms with E-state index < -0.39 is 9.84 Å². The van der Waals surface area contributed by atoms with Gasteiger partial charge in [-0.3, -0.25) is 5.01 Å². The standard InChI is InChI=1S/C19H23N3O2S/c1-12(2)22-18-11-15(7-10-17(18)19(20)13(3)21-22)14-5-8-16(9-6-14)25(4,23)24/h5-12,21H,20H2,1-4H3. The van der Waals surface area contributed by atoms with Crippen LogP contribution in [0.4, 0.5) is 5.69 Å². The van der Waals surface area contributed by atoms with E-state index in [1.165, 1.54) is 6.26 Å². The van der Waals surface area contributed by atoms with Gasteiger partial charge >= 0.3 is 0 Å². The van der Waals surface area contributed by atoms with Crippen molar-refractivity contribution < 1.29 is 8.42 Å². The van der Waals surface area contributed by atoms with Crippen molar-refractivity contribution in [2.24, 2.45) is 5.73 Å². The van der Waals surface area contributed by atoms with Gasteiger partial charge in [-0.05, 0) is 50.1 Å². The lowest BCUT2D eigenvalue weighted by atomic mass is 9.98. The number of fused-ring (bicyclic) bond motifs is 1. The molecule has 0 saturated heterocycles. The summed E-state index contributed by atoms with van der Waals surface area (Å²) in [7, 11) is -3.19. The predicted octanol–water partition coefficient (Wildman–Crippen LogP) is 3.14. The van der Waals surface area contributed by atoms with E-state index in [2.05, 4.69) is 30.3 Å². The molecule has 6 heteroatoms. The van der Waals surface area contributed by atoms with Crippen LogP contribution in [-0.4, -0.2) is 20.7 Å². The van der Waals surface area contributed by atoms with E-state index in [1.807, 2.05) is 31.2 Å². The molecule has 0 atom stereocenters. The summed E-state index contributed by atoms with van der Waals surface area (Å²) in [6, 6.07) is 13.3. The molecule has 0 fully saturated rings. The van der Waals surface area contributed by atoms with Crippen LogP contribution in [0.2, 0.25) is 0 Å². The number of anilines is 1. The summed E-state index contributed by atoms with van der Waals surface area (Å²) in [5.41, 5.74) is 15.2. The molecular weight excluding hydrogens is 334 g/mol. The third-order valence-corrected chi connectivity index (χ3v) is 5.50. The Morgan fingerprint density at radius 1 is 1.04 bits per heavy atom. The van der Waals surface area contributed by atoms with Crippen LogP contribution in [0, 0.1) is 0 Å². The summed E-state index contributed by atoms with van der Waals surface area (Å²) < 4.78 is 23.2. The molecule has 1 aliphatic rings. The lowest BCUT2D eigenvalue weighted by molar-refractivity contribution is 0.602. The fourth-order valence-corrected chi connectivity index (χ4v) is 3.57. The van der Waals surface area contributed by atoms with Gasteiger partial charge in [0, 0.05) is 17.9 Å². The second-order valence-electron chi connectivity index (χ2n) is 6.64. The number of hydrazine groups is 1. The number of nitrogens with one attached hydrogen (secondary N) is 1. The molecule has 2 aromatic carbocycles. The van der Waals surface area contributed by atoms with E-state index in [-0.39, 0.29) is 6.04 Å². The first-order chi connectivity index (χ1) is 11.7. The van der Waals surface area contributed by atoms with Gasteiger partial charge in [-0.1, -0.05) is 24.3 Å². The molecule has 0 aromatic heterocycles. The molecule has 3 N–H and O–H groups in total. The summed E-state index contributed by atoms with van der Waals surface area (Å²) in [4.78, 5) is 0.322. The molecule has 2 aromatic rings. The minimum absolute atomic E-state index is 0.254. The Hall–Kier alpha value is -2.47. The number of sulfone groups is 1. The summed E-state index contributed by atoms with van der Waals surface area (Å²) in [5.74, 6) is 0. The van der Waals surface area contributed by atoms with Crippen molar-refractivity contribution in [2.45, 2.75) is 31.7 Å². The Morgan fingerprint density at radius 3 is 2.20 bits per heavy atom. The Morgan fingerprint density at radius 2 is 1.64 bits per heavy atom. The van der Waals surface area contributed by atoms with Gasteiger partial charge < -0.3 is 11.2 Å². The van der Waals surface area contributed by atoms with Gasteiger partial charge in [0.1, 0.15) is 0 Å². The molecule has 0 spiro atoms. The predicted molar refractivity (Wildman–Crippen MR) is 103 cm³/mol. The van der Waals surface area contributed by atoms with Crippen molar-refractivity contribution in [1.82, 2.24) is 5.43 Å². The topological polar surface area (TPSA) is 75.4 Å². The van der Waals surface area contributed by atoms with Crippen molar-refractivity contribution >= 4 is 21.2 Å². The van der Waals surface area contributed by atoms with E-state index in [4.69, 9.17) is 5.73 Å². The Labute approximate surface area is 149 Å². The van der Waals surface area contributed by atoms with Gasteiger partial charge in [0.05, 0.1) is 22.0 Å². The monoisotopic (exact) mass is 357 g/mol. The highest BCUT2D eigenvalue weighted by atomic mass is 32.2. The maximum Gasteiger partial charge on any atom is 0.175 e. The highest BCUT2D eigenvalue weighted by molar-refractivity contribution is 7.90. The van der Waals surface area contributed by atoms with E-state index in [1.54, 1.807) is 12.1 Å². The molecule has 0 radical (unpaired) electrons. The minimum atomic E-state index is -3.19. The van der Waals surface area contributed by atoms with Crippen molar-refractivity contribution in [3.05, 3.63) is 53.7 Å². The van der Waals surface area contributed by atoms with Crippen molar-refractivity contribution in [3.8, 4) is 11.1 Å². The smallest absolute Gasteiger partial charge is 0.175 e. The minimum Gasteiger partial charge on any atom is -0.397 e. The molecule has 0 aliphatic carbocycles. The van der Waals surface area contributed by atoms with Gasteiger partial charge in [-0.2, -0.15) is 0 Å². The number of benzene rings is 2.